The monoisotopic (exact) mass is 529 g/mol. The number of hydrogen-bond acceptors (Lipinski definition) is 5. The summed E-state index contributed by atoms with van der Waals surface area (Å²) in [5, 5.41) is 3.04. The summed E-state index contributed by atoms with van der Waals surface area (Å²) in [4.78, 5) is 28.9. The van der Waals surface area contributed by atoms with Gasteiger partial charge in [-0.05, 0) is 67.9 Å². The number of anilines is 1. The summed E-state index contributed by atoms with van der Waals surface area (Å²) >= 11 is 0. The van der Waals surface area contributed by atoms with E-state index in [-0.39, 0.29) is 48.6 Å². The Kier molecular flexibility index (Phi) is 6.01. The fourth-order valence-corrected chi connectivity index (χ4v) is 8.82. The molecule has 6 rings (SSSR count). The molecule has 13 heteroatoms. The molecule has 2 amide bonds. The van der Waals surface area contributed by atoms with Gasteiger partial charge in [0, 0.05) is 30.7 Å². The maximum Gasteiger partial charge on any atom is 0.417 e. The number of primary amides is 1. The Morgan fingerprint density at radius 2 is 1.83 bits per heavy atom. The quantitative estimate of drug-likeness (QED) is 0.603. The highest BCUT2D eigenvalue weighted by atomic mass is 32.2. The van der Waals surface area contributed by atoms with E-state index >= 15 is 0 Å². The zero-order valence-electron chi connectivity index (χ0n) is 19.9. The van der Waals surface area contributed by atoms with Crippen molar-refractivity contribution >= 4 is 27.8 Å². The van der Waals surface area contributed by atoms with Crippen LogP contribution in [-0.2, 0) is 26.0 Å². The fourth-order valence-electron chi connectivity index (χ4n) is 7.03. The number of alkyl halides is 3. The highest BCUT2D eigenvalue weighted by Crippen LogP contribution is 2.59. The van der Waals surface area contributed by atoms with Crippen LogP contribution in [0.2, 0.25) is 0 Å². The highest BCUT2D eigenvalue weighted by molar-refractivity contribution is 7.90. The summed E-state index contributed by atoms with van der Waals surface area (Å²) in [6.07, 6.45) is -0.0376. The number of nitrogens with two attached hydrogens (primary N) is 1. The lowest BCUT2D eigenvalue weighted by Crippen LogP contribution is -2.63. The number of pyridine rings is 1. The molecule has 1 aliphatic heterocycles. The number of aromatic nitrogens is 1. The first-order valence-corrected chi connectivity index (χ1v) is 13.6. The Hall–Kier alpha value is -2.41. The smallest absolute Gasteiger partial charge is 0.369 e. The van der Waals surface area contributed by atoms with Crippen LogP contribution in [0.3, 0.4) is 0 Å². The third-order valence-corrected chi connectivity index (χ3v) is 10.2. The van der Waals surface area contributed by atoms with Gasteiger partial charge < -0.3 is 11.1 Å². The van der Waals surface area contributed by atoms with Crippen LogP contribution in [0, 0.1) is 29.1 Å². The summed E-state index contributed by atoms with van der Waals surface area (Å²) in [6, 6.07) is 1.69. The maximum atomic E-state index is 13.3. The Labute approximate surface area is 207 Å². The predicted molar refractivity (Wildman–Crippen MR) is 123 cm³/mol. The van der Waals surface area contributed by atoms with Crippen LogP contribution in [-0.4, -0.2) is 55.2 Å². The minimum atomic E-state index is -4.58. The van der Waals surface area contributed by atoms with Crippen LogP contribution < -0.4 is 15.4 Å². The van der Waals surface area contributed by atoms with Crippen LogP contribution in [0.25, 0.3) is 0 Å². The van der Waals surface area contributed by atoms with E-state index in [1.165, 1.54) is 0 Å². The molecule has 2 heterocycles. The van der Waals surface area contributed by atoms with Gasteiger partial charge in [0.1, 0.15) is 5.82 Å². The minimum absolute atomic E-state index is 0.0438. The zero-order chi connectivity index (χ0) is 26.0. The van der Waals surface area contributed by atoms with Gasteiger partial charge in [-0.3, -0.25) is 9.59 Å². The number of halogens is 3. The van der Waals surface area contributed by atoms with Crippen molar-refractivity contribution in [3.8, 4) is 0 Å². The van der Waals surface area contributed by atoms with Crippen molar-refractivity contribution in [1.29, 1.82) is 0 Å². The lowest BCUT2D eigenvalue weighted by molar-refractivity contribution is -0.147. The van der Waals surface area contributed by atoms with Gasteiger partial charge >= 0.3 is 16.4 Å². The SMILES string of the molecule is CC1CN(CC(=O)NC2C3CC4CC2CC(C(N)=O)(C4)C3)S(=O)(=O)N(c2ccc(C(F)(F)F)cn2)C1. The number of hydrogen-bond donors (Lipinski definition) is 2. The van der Waals surface area contributed by atoms with Gasteiger partial charge in [0.05, 0.1) is 12.1 Å². The number of nitrogens with one attached hydrogen (secondary N) is 1. The third-order valence-electron chi connectivity index (χ3n) is 8.37. The summed E-state index contributed by atoms with van der Waals surface area (Å²) < 4.78 is 67.3. The maximum absolute atomic E-state index is 13.3. The Balaban J connectivity index is 1.28. The second kappa shape index (κ2) is 8.57. The lowest BCUT2D eigenvalue weighted by Gasteiger charge is -2.58. The van der Waals surface area contributed by atoms with Crippen LogP contribution >= 0.6 is 0 Å². The number of rotatable bonds is 5. The Bertz CT molecular complexity index is 1140. The largest absolute Gasteiger partial charge is 0.417 e. The molecule has 3 N–H and O–H groups in total. The van der Waals surface area contributed by atoms with Gasteiger partial charge in [-0.15, -0.1) is 0 Å². The molecule has 4 aliphatic carbocycles. The molecule has 1 aromatic rings. The summed E-state index contributed by atoms with van der Waals surface area (Å²) in [5.74, 6) is -0.304. The average molecular weight is 530 g/mol. The normalized spacial score (nSPS) is 35.6. The van der Waals surface area contributed by atoms with E-state index in [2.05, 4.69) is 10.3 Å². The first-order valence-electron chi connectivity index (χ1n) is 12.2. The molecule has 9 nitrogen and oxygen atoms in total. The molecule has 3 unspecified atom stereocenters. The Morgan fingerprint density at radius 3 is 2.39 bits per heavy atom. The van der Waals surface area contributed by atoms with Crippen LogP contribution in [0.5, 0.6) is 0 Å². The molecule has 0 aromatic carbocycles. The van der Waals surface area contributed by atoms with E-state index in [0.717, 1.165) is 40.0 Å². The summed E-state index contributed by atoms with van der Waals surface area (Å²) in [7, 11) is -4.18. The molecule has 36 heavy (non-hydrogen) atoms. The van der Waals surface area contributed by atoms with E-state index in [0.29, 0.717) is 25.0 Å². The second-order valence-corrected chi connectivity index (χ2v) is 12.9. The zero-order valence-corrected chi connectivity index (χ0v) is 20.7. The van der Waals surface area contributed by atoms with Crippen molar-refractivity contribution in [3.05, 3.63) is 23.9 Å². The lowest BCUT2D eigenvalue weighted by atomic mass is 9.47. The van der Waals surface area contributed by atoms with Gasteiger partial charge in [-0.2, -0.15) is 25.9 Å². The third kappa shape index (κ3) is 4.33. The molecule has 1 saturated heterocycles. The van der Waals surface area contributed by atoms with E-state index < -0.39 is 39.8 Å². The molecule has 4 saturated carbocycles. The van der Waals surface area contributed by atoms with Crippen LogP contribution in [0.15, 0.2) is 18.3 Å². The first-order chi connectivity index (χ1) is 16.8. The number of amides is 2. The predicted octanol–water partition coefficient (Wildman–Crippen LogP) is 1.90. The molecule has 0 spiro atoms. The van der Waals surface area contributed by atoms with E-state index in [1.54, 1.807) is 6.92 Å². The van der Waals surface area contributed by atoms with E-state index in [4.69, 9.17) is 5.73 Å². The second-order valence-electron chi connectivity index (χ2n) is 11.0. The summed E-state index contributed by atoms with van der Waals surface area (Å²) in [5.41, 5.74) is 4.27. The molecule has 5 aliphatic rings. The molecule has 0 radical (unpaired) electrons. The van der Waals surface area contributed by atoms with Crippen LogP contribution in [0.4, 0.5) is 19.0 Å². The molecule has 198 valence electrons. The average Bonchev–Trinajstić information content (AvgIpc) is 2.77. The number of carbonyl (C=O) groups is 2. The van der Waals surface area contributed by atoms with Crippen LogP contribution in [0.1, 0.15) is 44.6 Å². The van der Waals surface area contributed by atoms with Gasteiger partial charge in [0.2, 0.25) is 11.8 Å². The Morgan fingerprint density at radius 1 is 1.17 bits per heavy atom. The minimum Gasteiger partial charge on any atom is -0.369 e. The molecule has 4 bridgehead atoms. The van der Waals surface area contributed by atoms with Gasteiger partial charge in [-0.1, -0.05) is 6.92 Å². The standard InChI is InChI=1S/C23H30F3N5O4S/c1-13-10-30(36(34,35)31(11-13)18-3-2-17(9-28-18)23(24,25)26)12-19(32)29-20-15-4-14-5-16(20)8-22(6-14,7-15)21(27)33/h2-3,9,13-16,20H,4-8,10-12H2,1H3,(H2,27,33)(H,29,32). The van der Waals surface area contributed by atoms with Crippen molar-refractivity contribution in [2.75, 3.05) is 23.9 Å². The number of carbonyl (C=O) groups excluding carboxylic acids is 2. The number of nitrogens with zero attached hydrogens (tertiary/aromatic N) is 3. The van der Waals surface area contributed by atoms with Crippen molar-refractivity contribution in [3.63, 3.8) is 0 Å². The highest BCUT2D eigenvalue weighted by Gasteiger charge is 2.58. The molecular weight excluding hydrogens is 499 g/mol. The summed E-state index contributed by atoms with van der Waals surface area (Å²) in [6.45, 7) is 1.56. The van der Waals surface area contributed by atoms with Crippen molar-refractivity contribution in [2.24, 2.45) is 34.8 Å². The van der Waals surface area contributed by atoms with Crippen molar-refractivity contribution in [1.82, 2.24) is 14.6 Å². The molecule has 5 fully saturated rings. The topological polar surface area (TPSA) is 126 Å². The molecule has 3 atom stereocenters. The van der Waals surface area contributed by atoms with E-state index in [9.17, 15) is 31.2 Å². The van der Waals surface area contributed by atoms with Crippen molar-refractivity contribution in [2.45, 2.75) is 51.2 Å². The van der Waals surface area contributed by atoms with Gasteiger partial charge in [0.25, 0.3) is 0 Å². The van der Waals surface area contributed by atoms with Gasteiger partial charge in [0.15, 0.2) is 0 Å². The molecular formula is C23H30F3N5O4S. The first kappa shape index (κ1) is 25.2. The molecule has 1 aromatic heterocycles. The fraction of sp³-hybridized carbons (Fsp3) is 0.696. The van der Waals surface area contributed by atoms with Gasteiger partial charge in [-0.25, -0.2) is 9.29 Å². The van der Waals surface area contributed by atoms with E-state index in [1.807, 2.05) is 0 Å². The van der Waals surface area contributed by atoms with Crippen molar-refractivity contribution < 1.29 is 31.2 Å².